The fourth-order valence-corrected chi connectivity index (χ4v) is 6.02. The third kappa shape index (κ3) is 7.56. The van der Waals surface area contributed by atoms with E-state index in [4.69, 9.17) is 23.2 Å². The summed E-state index contributed by atoms with van der Waals surface area (Å²) in [7, 11) is -4.13. The molecule has 3 aromatic rings. The SMILES string of the molecule is CC[C@@H](C)NC(=O)[C@H](C)N(Cc1ccc(Cl)c(Cl)c1)C(=O)CN(c1ccc(C)cc1C)S(=O)(=O)c1ccccc1. The third-order valence-corrected chi connectivity index (χ3v) is 9.25. The fraction of sp³-hybridized carbons (Fsp3) is 0.333. The van der Waals surface area contributed by atoms with Crippen LogP contribution in [0.5, 0.6) is 0 Å². The minimum absolute atomic E-state index is 0.0247. The number of halogens is 2. The van der Waals surface area contributed by atoms with E-state index >= 15 is 0 Å². The van der Waals surface area contributed by atoms with Crippen LogP contribution in [-0.4, -0.2) is 43.8 Å². The summed E-state index contributed by atoms with van der Waals surface area (Å²) in [6.07, 6.45) is 0.717. The number of carbonyl (C=O) groups is 2. The van der Waals surface area contributed by atoms with Crippen LogP contribution >= 0.6 is 23.2 Å². The van der Waals surface area contributed by atoms with Gasteiger partial charge in [0, 0.05) is 12.6 Å². The normalized spacial score (nSPS) is 12.9. The van der Waals surface area contributed by atoms with Crippen molar-refractivity contribution in [3.63, 3.8) is 0 Å². The molecule has 0 aliphatic carbocycles. The minimum atomic E-state index is -4.13. The lowest BCUT2D eigenvalue weighted by Crippen LogP contribution is -2.52. The van der Waals surface area contributed by atoms with Gasteiger partial charge < -0.3 is 10.2 Å². The Bertz CT molecular complexity index is 1470. The maximum atomic E-state index is 14.0. The lowest BCUT2D eigenvalue weighted by Gasteiger charge is -2.33. The van der Waals surface area contributed by atoms with E-state index in [9.17, 15) is 18.0 Å². The first-order valence-electron chi connectivity index (χ1n) is 13.0. The molecule has 0 saturated carbocycles. The van der Waals surface area contributed by atoms with Crippen molar-refractivity contribution in [3.05, 3.63) is 93.5 Å². The van der Waals surface area contributed by atoms with Gasteiger partial charge in [0.15, 0.2) is 0 Å². The number of anilines is 1. The number of benzene rings is 3. The number of hydrogen-bond acceptors (Lipinski definition) is 4. The van der Waals surface area contributed by atoms with Gasteiger partial charge in [-0.2, -0.15) is 0 Å². The van der Waals surface area contributed by atoms with E-state index in [2.05, 4.69) is 5.32 Å². The lowest BCUT2D eigenvalue weighted by atomic mass is 10.1. The van der Waals surface area contributed by atoms with Gasteiger partial charge in [0.1, 0.15) is 12.6 Å². The van der Waals surface area contributed by atoms with Gasteiger partial charge in [0.05, 0.1) is 20.6 Å². The largest absolute Gasteiger partial charge is 0.352 e. The molecule has 214 valence electrons. The summed E-state index contributed by atoms with van der Waals surface area (Å²) in [5.74, 6) is -0.885. The molecule has 2 amide bonds. The Kier molecular flexibility index (Phi) is 10.6. The highest BCUT2D eigenvalue weighted by Gasteiger charge is 2.33. The monoisotopic (exact) mass is 603 g/mol. The van der Waals surface area contributed by atoms with E-state index < -0.39 is 28.5 Å². The zero-order chi connectivity index (χ0) is 29.6. The number of aryl methyl sites for hydroxylation is 2. The molecule has 1 N–H and O–H groups in total. The van der Waals surface area contributed by atoms with Crippen molar-refractivity contribution in [2.45, 2.75) is 64.6 Å². The van der Waals surface area contributed by atoms with Crippen LogP contribution in [0.2, 0.25) is 10.0 Å². The van der Waals surface area contributed by atoms with Gasteiger partial charge >= 0.3 is 0 Å². The first-order chi connectivity index (χ1) is 18.8. The highest BCUT2D eigenvalue weighted by molar-refractivity contribution is 7.92. The summed E-state index contributed by atoms with van der Waals surface area (Å²) in [5.41, 5.74) is 2.69. The second-order valence-electron chi connectivity index (χ2n) is 9.88. The maximum absolute atomic E-state index is 14.0. The zero-order valence-corrected chi connectivity index (χ0v) is 25.6. The van der Waals surface area contributed by atoms with E-state index in [1.807, 2.05) is 26.8 Å². The lowest BCUT2D eigenvalue weighted by molar-refractivity contribution is -0.139. The molecule has 3 rings (SSSR count). The van der Waals surface area contributed by atoms with Crippen LogP contribution in [0.1, 0.15) is 43.9 Å². The zero-order valence-electron chi connectivity index (χ0n) is 23.3. The van der Waals surface area contributed by atoms with Crippen LogP contribution in [0, 0.1) is 13.8 Å². The summed E-state index contributed by atoms with van der Waals surface area (Å²) >= 11 is 12.3. The predicted molar refractivity (Wildman–Crippen MR) is 161 cm³/mol. The molecule has 0 fully saturated rings. The van der Waals surface area contributed by atoms with Crippen LogP contribution in [0.15, 0.2) is 71.6 Å². The molecule has 0 radical (unpaired) electrons. The fourth-order valence-electron chi connectivity index (χ4n) is 4.20. The van der Waals surface area contributed by atoms with Crippen molar-refractivity contribution in [1.82, 2.24) is 10.2 Å². The van der Waals surface area contributed by atoms with E-state index in [1.54, 1.807) is 62.4 Å². The highest BCUT2D eigenvalue weighted by Crippen LogP contribution is 2.29. The second-order valence-corrected chi connectivity index (χ2v) is 12.6. The van der Waals surface area contributed by atoms with Crippen LogP contribution in [0.25, 0.3) is 0 Å². The number of nitrogens with one attached hydrogen (secondary N) is 1. The molecule has 0 aromatic heterocycles. The number of nitrogens with zero attached hydrogens (tertiary/aromatic N) is 2. The second kappa shape index (κ2) is 13.5. The van der Waals surface area contributed by atoms with Crippen LogP contribution in [0.4, 0.5) is 5.69 Å². The maximum Gasteiger partial charge on any atom is 0.264 e. The summed E-state index contributed by atoms with van der Waals surface area (Å²) in [5, 5.41) is 3.59. The van der Waals surface area contributed by atoms with Crippen LogP contribution in [-0.2, 0) is 26.2 Å². The smallest absolute Gasteiger partial charge is 0.264 e. The quantitative estimate of drug-likeness (QED) is 0.285. The molecule has 0 aliphatic rings. The molecular formula is C30H35Cl2N3O4S. The molecule has 0 heterocycles. The molecule has 7 nitrogen and oxygen atoms in total. The van der Waals surface area contributed by atoms with Crippen molar-refractivity contribution in [2.75, 3.05) is 10.8 Å². The topological polar surface area (TPSA) is 86.8 Å². The van der Waals surface area contributed by atoms with Crippen molar-refractivity contribution in [1.29, 1.82) is 0 Å². The van der Waals surface area contributed by atoms with Gasteiger partial charge in [-0.3, -0.25) is 13.9 Å². The third-order valence-electron chi connectivity index (χ3n) is 6.74. The van der Waals surface area contributed by atoms with Crippen LogP contribution < -0.4 is 9.62 Å². The summed E-state index contributed by atoms with van der Waals surface area (Å²) in [4.78, 5) is 28.6. The molecular weight excluding hydrogens is 569 g/mol. The van der Waals surface area contributed by atoms with Gasteiger partial charge in [-0.25, -0.2) is 8.42 Å². The Balaban J connectivity index is 2.06. The molecule has 40 heavy (non-hydrogen) atoms. The van der Waals surface area contributed by atoms with Gasteiger partial charge in [-0.15, -0.1) is 0 Å². The number of hydrogen-bond donors (Lipinski definition) is 1. The summed E-state index contributed by atoms with van der Waals surface area (Å²) in [6.45, 7) is 8.68. The average Bonchev–Trinajstić information content (AvgIpc) is 2.92. The summed E-state index contributed by atoms with van der Waals surface area (Å²) < 4.78 is 28.9. The number of amides is 2. The summed E-state index contributed by atoms with van der Waals surface area (Å²) in [6, 6.07) is 17.3. The Morgan fingerprint density at radius 1 is 0.925 bits per heavy atom. The standard InChI is InChI=1S/C30H35Cl2N3O4S/c1-6-22(4)33-30(37)23(5)34(18-24-13-14-26(31)27(32)17-24)29(36)19-35(28-15-12-20(2)16-21(28)3)40(38,39)25-10-8-7-9-11-25/h7-17,22-23H,6,18-19H2,1-5H3,(H,33,37)/t22-,23+/m1/s1. The average molecular weight is 605 g/mol. The minimum Gasteiger partial charge on any atom is -0.352 e. The number of rotatable bonds is 11. The van der Waals surface area contributed by atoms with Gasteiger partial charge in [-0.05, 0) is 75.6 Å². The molecule has 0 spiro atoms. The first-order valence-corrected chi connectivity index (χ1v) is 15.2. The molecule has 3 aromatic carbocycles. The molecule has 2 atom stereocenters. The molecule has 0 bridgehead atoms. The highest BCUT2D eigenvalue weighted by atomic mass is 35.5. The van der Waals surface area contributed by atoms with Crippen LogP contribution in [0.3, 0.4) is 0 Å². The molecule has 0 aliphatic heterocycles. The van der Waals surface area contributed by atoms with Gasteiger partial charge in [0.2, 0.25) is 11.8 Å². The molecule has 10 heteroatoms. The van der Waals surface area contributed by atoms with Crippen molar-refractivity contribution in [2.24, 2.45) is 0 Å². The molecule has 0 unspecified atom stereocenters. The number of sulfonamides is 1. The molecule has 0 saturated heterocycles. The Hall–Kier alpha value is -3.07. The van der Waals surface area contributed by atoms with Crippen molar-refractivity contribution in [3.8, 4) is 0 Å². The van der Waals surface area contributed by atoms with E-state index in [-0.39, 0.29) is 23.4 Å². The van der Waals surface area contributed by atoms with Crippen molar-refractivity contribution >= 4 is 50.7 Å². The Morgan fingerprint density at radius 2 is 1.60 bits per heavy atom. The Labute approximate surface area is 247 Å². The van der Waals surface area contributed by atoms with E-state index in [1.165, 1.54) is 17.0 Å². The van der Waals surface area contributed by atoms with Gasteiger partial charge in [0.25, 0.3) is 10.0 Å². The number of carbonyl (C=O) groups excluding carboxylic acids is 2. The van der Waals surface area contributed by atoms with E-state index in [0.717, 1.165) is 16.3 Å². The predicted octanol–water partition coefficient (Wildman–Crippen LogP) is 6.14. The van der Waals surface area contributed by atoms with E-state index in [0.29, 0.717) is 26.9 Å². The Morgan fingerprint density at radius 3 is 2.20 bits per heavy atom. The van der Waals surface area contributed by atoms with Crippen molar-refractivity contribution < 1.29 is 18.0 Å². The van der Waals surface area contributed by atoms with Gasteiger partial charge in [-0.1, -0.05) is 72.1 Å². The first kappa shape index (κ1) is 31.5.